The number of nitrogens with one attached hydrogen (secondary N) is 2. The van der Waals surface area contributed by atoms with Crippen molar-refractivity contribution in [3.05, 3.63) is 23.8 Å². The van der Waals surface area contributed by atoms with Crippen LogP contribution in [-0.4, -0.2) is 31.1 Å². The van der Waals surface area contributed by atoms with Gasteiger partial charge in [0, 0.05) is 19.1 Å². The summed E-state index contributed by atoms with van der Waals surface area (Å²) in [6.07, 6.45) is 3.89. The number of hydrogen-bond acceptors (Lipinski definition) is 5. The van der Waals surface area contributed by atoms with Crippen LogP contribution >= 0.6 is 11.3 Å². The summed E-state index contributed by atoms with van der Waals surface area (Å²) in [6.45, 7) is 2.68. The van der Waals surface area contributed by atoms with Gasteiger partial charge in [-0.25, -0.2) is 4.98 Å². The van der Waals surface area contributed by atoms with E-state index in [0.717, 1.165) is 35.3 Å². The second-order valence-electron chi connectivity index (χ2n) is 6.00. The minimum atomic E-state index is 0.0656. The highest BCUT2D eigenvalue weighted by atomic mass is 32.1. The van der Waals surface area contributed by atoms with E-state index in [1.807, 2.05) is 18.2 Å². The van der Waals surface area contributed by atoms with Gasteiger partial charge in [0.1, 0.15) is 0 Å². The molecule has 3 rings (SSSR count). The molecular weight excluding hydrogens is 310 g/mol. The van der Waals surface area contributed by atoms with Crippen molar-refractivity contribution in [2.75, 3.05) is 25.5 Å². The number of piperidine rings is 1. The maximum Gasteiger partial charge on any atom is 0.226 e. The maximum absolute atomic E-state index is 12.2. The molecule has 2 N–H and O–H groups in total. The second-order valence-corrected chi connectivity index (χ2v) is 7.03. The first-order valence-corrected chi connectivity index (χ1v) is 8.96. The first-order chi connectivity index (χ1) is 11.3. The molecule has 1 fully saturated rings. The predicted octanol–water partition coefficient (Wildman–Crippen LogP) is 3.16. The minimum absolute atomic E-state index is 0.0656. The highest BCUT2D eigenvalue weighted by Gasteiger charge is 2.15. The first-order valence-electron chi connectivity index (χ1n) is 8.14. The van der Waals surface area contributed by atoms with Gasteiger partial charge in [-0.1, -0.05) is 23.5 Å². The van der Waals surface area contributed by atoms with Crippen LogP contribution in [0.5, 0.6) is 0 Å². The normalized spacial score (nSPS) is 15.9. The Morgan fingerprint density at radius 1 is 1.43 bits per heavy atom. The van der Waals surface area contributed by atoms with Crippen LogP contribution in [0, 0.1) is 5.92 Å². The highest BCUT2D eigenvalue weighted by molar-refractivity contribution is 7.22. The van der Waals surface area contributed by atoms with Gasteiger partial charge in [0.15, 0.2) is 5.13 Å². The fraction of sp³-hybridized carbons (Fsp3) is 0.529. The van der Waals surface area contributed by atoms with Crippen molar-refractivity contribution in [2.45, 2.75) is 32.3 Å². The molecule has 5 nitrogen and oxygen atoms in total. The van der Waals surface area contributed by atoms with E-state index in [1.54, 1.807) is 7.11 Å². The van der Waals surface area contributed by atoms with Crippen LogP contribution in [0.15, 0.2) is 18.2 Å². The standard InChI is InChI=1S/C17H23N3O2S/c1-22-11-13-3-2-4-14-16(13)20-17(23-14)19-15(21)6-5-12-7-9-18-10-8-12/h2-4,12,18H,5-11H2,1H3,(H,19,20,21). The number of rotatable bonds is 6. The molecule has 1 aromatic carbocycles. The van der Waals surface area contributed by atoms with Gasteiger partial charge in [-0.15, -0.1) is 0 Å². The molecule has 6 heteroatoms. The number of anilines is 1. The number of thiazole rings is 1. The summed E-state index contributed by atoms with van der Waals surface area (Å²) in [5.41, 5.74) is 1.98. The van der Waals surface area contributed by atoms with Gasteiger partial charge in [-0.3, -0.25) is 4.79 Å². The second kappa shape index (κ2) is 7.86. The summed E-state index contributed by atoms with van der Waals surface area (Å²) >= 11 is 1.52. The van der Waals surface area contributed by atoms with Gasteiger partial charge in [0.2, 0.25) is 5.91 Å². The van der Waals surface area contributed by atoms with E-state index in [9.17, 15) is 4.79 Å². The van der Waals surface area contributed by atoms with E-state index >= 15 is 0 Å². The zero-order valence-electron chi connectivity index (χ0n) is 13.4. The number of aromatic nitrogens is 1. The van der Waals surface area contributed by atoms with Gasteiger partial charge in [0.25, 0.3) is 0 Å². The van der Waals surface area contributed by atoms with E-state index in [0.29, 0.717) is 24.1 Å². The molecule has 1 aromatic heterocycles. The molecule has 2 aromatic rings. The van der Waals surface area contributed by atoms with Gasteiger partial charge >= 0.3 is 0 Å². The summed E-state index contributed by atoms with van der Waals surface area (Å²) in [5.74, 6) is 0.738. The Labute approximate surface area is 140 Å². The molecule has 0 atom stereocenters. The number of para-hydroxylation sites is 1. The van der Waals surface area contributed by atoms with Gasteiger partial charge in [-0.2, -0.15) is 0 Å². The van der Waals surface area contributed by atoms with Crippen LogP contribution in [0.3, 0.4) is 0 Å². The summed E-state index contributed by atoms with van der Waals surface area (Å²) in [6, 6.07) is 6.03. The van der Waals surface area contributed by atoms with Gasteiger partial charge in [-0.05, 0) is 44.3 Å². The molecule has 0 saturated carbocycles. The number of benzene rings is 1. The largest absolute Gasteiger partial charge is 0.380 e. The van der Waals surface area contributed by atoms with E-state index in [-0.39, 0.29) is 5.91 Å². The smallest absolute Gasteiger partial charge is 0.226 e. The van der Waals surface area contributed by atoms with Crippen molar-refractivity contribution in [2.24, 2.45) is 5.92 Å². The van der Waals surface area contributed by atoms with E-state index < -0.39 is 0 Å². The molecule has 0 unspecified atom stereocenters. The fourth-order valence-electron chi connectivity index (χ4n) is 3.02. The van der Waals surface area contributed by atoms with Crippen molar-refractivity contribution < 1.29 is 9.53 Å². The van der Waals surface area contributed by atoms with E-state index in [1.165, 1.54) is 24.2 Å². The summed E-state index contributed by atoms with van der Waals surface area (Å²) < 4.78 is 6.28. The van der Waals surface area contributed by atoms with E-state index in [4.69, 9.17) is 4.74 Å². The Kier molecular flexibility index (Phi) is 5.59. The third-order valence-corrected chi connectivity index (χ3v) is 5.22. The number of carbonyl (C=O) groups is 1. The lowest BCUT2D eigenvalue weighted by Gasteiger charge is -2.21. The van der Waals surface area contributed by atoms with Crippen LogP contribution in [0.1, 0.15) is 31.2 Å². The Balaban J connectivity index is 1.59. The maximum atomic E-state index is 12.2. The number of fused-ring (bicyclic) bond motifs is 1. The molecule has 2 heterocycles. The van der Waals surface area contributed by atoms with E-state index in [2.05, 4.69) is 15.6 Å². The molecule has 1 amide bonds. The summed E-state index contributed by atoms with van der Waals surface area (Å²) in [7, 11) is 1.68. The monoisotopic (exact) mass is 333 g/mol. The van der Waals surface area contributed by atoms with Gasteiger partial charge < -0.3 is 15.4 Å². The molecule has 0 radical (unpaired) electrons. The molecule has 1 aliphatic rings. The Morgan fingerprint density at radius 2 is 2.26 bits per heavy atom. The van der Waals surface area contributed by atoms with Gasteiger partial charge in [0.05, 0.1) is 16.8 Å². The van der Waals surface area contributed by atoms with Crippen LogP contribution < -0.4 is 10.6 Å². The number of hydrogen-bond donors (Lipinski definition) is 2. The third-order valence-electron chi connectivity index (χ3n) is 4.29. The number of carbonyl (C=O) groups excluding carboxylic acids is 1. The average Bonchev–Trinajstić information content (AvgIpc) is 2.97. The van der Waals surface area contributed by atoms with Crippen LogP contribution in [0.2, 0.25) is 0 Å². The average molecular weight is 333 g/mol. The molecule has 1 saturated heterocycles. The van der Waals surface area contributed by atoms with Crippen molar-refractivity contribution in [1.82, 2.24) is 10.3 Å². The van der Waals surface area contributed by atoms with Crippen LogP contribution in [0.25, 0.3) is 10.2 Å². The van der Waals surface area contributed by atoms with Crippen molar-refractivity contribution in [1.29, 1.82) is 0 Å². The molecule has 124 valence electrons. The van der Waals surface area contributed by atoms with Crippen molar-refractivity contribution >= 4 is 32.6 Å². The minimum Gasteiger partial charge on any atom is -0.380 e. The number of nitrogens with zero attached hydrogens (tertiary/aromatic N) is 1. The Bertz CT molecular complexity index is 665. The molecule has 0 bridgehead atoms. The molecule has 23 heavy (non-hydrogen) atoms. The molecular formula is C17H23N3O2S. The first kappa shape index (κ1) is 16.4. The third kappa shape index (κ3) is 4.28. The fourth-order valence-corrected chi connectivity index (χ4v) is 3.95. The Morgan fingerprint density at radius 3 is 3.04 bits per heavy atom. The lowest BCUT2D eigenvalue weighted by molar-refractivity contribution is -0.116. The van der Waals surface area contributed by atoms with Crippen molar-refractivity contribution in [3.8, 4) is 0 Å². The summed E-state index contributed by atoms with van der Waals surface area (Å²) in [4.78, 5) is 16.7. The lowest BCUT2D eigenvalue weighted by atomic mass is 9.93. The lowest BCUT2D eigenvalue weighted by Crippen LogP contribution is -2.28. The van der Waals surface area contributed by atoms with Crippen LogP contribution in [0.4, 0.5) is 5.13 Å². The molecule has 0 spiro atoms. The quantitative estimate of drug-likeness (QED) is 0.852. The topological polar surface area (TPSA) is 63.2 Å². The zero-order valence-corrected chi connectivity index (χ0v) is 14.2. The van der Waals surface area contributed by atoms with Crippen LogP contribution in [-0.2, 0) is 16.1 Å². The number of amides is 1. The number of ether oxygens (including phenoxy) is 1. The molecule has 1 aliphatic heterocycles. The number of methoxy groups -OCH3 is 1. The molecule has 0 aliphatic carbocycles. The predicted molar refractivity (Wildman–Crippen MR) is 93.8 cm³/mol. The highest BCUT2D eigenvalue weighted by Crippen LogP contribution is 2.29. The Hall–Kier alpha value is -1.50. The zero-order chi connectivity index (χ0) is 16.1. The summed E-state index contributed by atoms with van der Waals surface area (Å²) in [5, 5.41) is 6.99. The SMILES string of the molecule is COCc1cccc2sc(NC(=O)CCC3CCNCC3)nc12. The van der Waals surface area contributed by atoms with Crippen molar-refractivity contribution in [3.63, 3.8) is 0 Å².